The number of thiazole rings is 1. The topological polar surface area (TPSA) is 36.4 Å². The van der Waals surface area contributed by atoms with Crippen LogP contribution in [-0.2, 0) is 11.3 Å². The van der Waals surface area contributed by atoms with Crippen molar-refractivity contribution in [2.75, 3.05) is 26.2 Å². The van der Waals surface area contributed by atoms with Crippen LogP contribution in [0.15, 0.2) is 5.38 Å². The van der Waals surface area contributed by atoms with Crippen LogP contribution >= 0.6 is 11.3 Å². The van der Waals surface area contributed by atoms with Gasteiger partial charge in [0.25, 0.3) is 0 Å². The number of alkyl halides is 1. The molecule has 1 saturated carbocycles. The lowest BCUT2D eigenvalue weighted by Gasteiger charge is -2.32. The van der Waals surface area contributed by atoms with Crippen LogP contribution in [0.2, 0.25) is 0 Å². The molecule has 3 heterocycles. The molecule has 0 radical (unpaired) electrons. The van der Waals surface area contributed by atoms with Crippen molar-refractivity contribution >= 4 is 17.2 Å². The molecule has 4 rings (SSSR count). The number of fused-ring (bicyclic) bond motifs is 1. The van der Waals surface area contributed by atoms with Gasteiger partial charge in [0.1, 0.15) is 6.17 Å². The van der Waals surface area contributed by atoms with Gasteiger partial charge in [-0.3, -0.25) is 9.69 Å². The van der Waals surface area contributed by atoms with Gasteiger partial charge < -0.3 is 4.90 Å². The van der Waals surface area contributed by atoms with Gasteiger partial charge in [-0.05, 0) is 31.6 Å². The highest BCUT2D eigenvalue weighted by molar-refractivity contribution is 7.09. The Morgan fingerprint density at radius 1 is 1.32 bits per heavy atom. The maximum atomic E-state index is 12.9. The first-order valence-corrected chi connectivity index (χ1v) is 9.02. The van der Waals surface area contributed by atoms with E-state index in [-0.39, 0.29) is 11.8 Å². The fourth-order valence-corrected chi connectivity index (χ4v) is 4.72. The summed E-state index contributed by atoms with van der Waals surface area (Å²) in [6.07, 6.45) is 0.146. The minimum atomic E-state index is -0.742. The molecule has 3 fully saturated rings. The lowest BCUT2D eigenvalue weighted by molar-refractivity contribution is -0.139. The third-order valence-electron chi connectivity index (χ3n) is 5.36. The number of amides is 1. The Kier molecular flexibility index (Phi) is 3.69. The van der Waals surface area contributed by atoms with Gasteiger partial charge in [-0.1, -0.05) is 0 Å². The second-order valence-electron chi connectivity index (χ2n) is 7.08. The van der Waals surface area contributed by atoms with Crippen LogP contribution in [0, 0.1) is 24.7 Å². The van der Waals surface area contributed by atoms with E-state index in [0.717, 1.165) is 37.7 Å². The number of carbonyl (C=O) groups is 1. The summed E-state index contributed by atoms with van der Waals surface area (Å²) in [7, 11) is 0. The molecule has 6 heteroatoms. The number of likely N-dealkylation sites (tertiary alicyclic amines) is 2. The Bertz CT molecular complexity index is 557. The van der Waals surface area contributed by atoms with Crippen LogP contribution in [0.25, 0.3) is 0 Å². The zero-order valence-corrected chi connectivity index (χ0v) is 13.7. The third kappa shape index (κ3) is 2.67. The van der Waals surface area contributed by atoms with Crippen molar-refractivity contribution in [1.82, 2.24) is 14.8 Å². The van der Waals surface area contributed by atoms with Crippen LogP contribution in [0.5, 0.6) is 0 Å². The number of hydrogen-bond acceptors (Lipinski definition) is 4. The SMILES string of the molecule is Cc1nc(CN2CC3CN(C(=O)C4CC(F)C4)CC3C2)cs1. The van der Waals surface area contributed by atoms with Crippen LogP contribution in [0.4, 0.5) is 4.39 Å². The van der Waals surface area contributed by atoms with E-state index in [1.807, 2.05) is 11.8 Å². The van der Waals surface area contributed by atoms with Gasteiger partial charge in [-0.2, -0.15) is 0 Å². The van der Waals surface area contributed by atoms with Gasteiger partial charge >= 0.3 is 0 Å². The summed E-state index contributed by atoms with van der Waals surface area (Å²) in [6.45, 7) is 6.81. The zero-order chi connectivity index (χ0) is 15.3. The van der Waals surface area contributed by atoms with Gasteiger partial charge in [0.2, 0.25) is 5.91 Å². The zero-order valence-electron chi connectivity index (χ0n) is 12.9. The molecule has 2 atom stereocenters. The molecule has 1 aromatic heterocycles. The lowest BCUT2D eigenvalue weighted by atomic mass is 9.82. The first-order valence-electron chi connectivity index (χ1n) is 8.14. The Balaban J connectivity index is 1.30. The Morgan fingerprint density at radius 3 is 2.55 bits per heavy atom. The highest BCUT2D eigenvalue weighted by Gasteiger charge is 2.45. The molecular weight excluding hydrogens is 301 g/mol. The smallest absolute Gasteiger partial charge is 0.225 e. The molecule has 1 aromatic rings. The van der Waals surface area contributed by atoms with E-state index >= 15 is 0 Å². The molecule has 3 aliphatic rings. The molecule has 22 heavy (non-hydrogen) atoms. The predicted octanol–water partition coefficient (Wildman–Crippen LogP) is 2.09. The second kappa shape index (κ2) is 5.57. The molecule has 1 aliphatic carbocycles. The fraction of sp³-hybridized carbons (Fsp3) is 0.750. The highest BCUT2D eigenvalue weighted by atomic mass is 32.1. The van der Waals surface area contributed by atoms with Crippen molar-refractivity contribution < 1.29 is 9.18 Å². The van der Waals surface area contributed by atoms with Crippen molar-refractivity contribution in [2.24, 2.45) is 17.8 Å². The number of aryl methyl sites for hydroxylation is 1. The number of aromatic nitrogens is 1. The lowest BCUT2D eigenvalue weighted by Crippen LogP contribution is -2.42. The molecular formula is C16H22FN3OS. The molecule has 0 N–H and O–H groups in total. The van der Waals surface area contributed by atoms with Gasteiger partial charge in [0.05, 0.1) is 10.7 Å². The summed E-state index contributed by atoms with van der Waals surface area (Å²) in [6, 6.07) is 0. The summed E-state index contributed by atoms with van der Waals surface area (Å²) in [5.41, 5.74) is 1.17. The van der Waals surface area contributed by atoms with Crippen LogP contribution in [0.3, 0.4) is 0 Å². The van der Waals surface area contributed by atoms with Gasteiger partial charge in [0, 0.05) is 44.0 Å². The monoisotopic (exact) mass is 323 g/mol. The first kappa shape index (κ1) is 14.6. The summed E-state index contributed by atoms with van der Waals surface area (Å²) >= 11 is 1.70. The van der Waals surface area contributed by atoms with E-state index in [1.54, 1.807) is 11.3 Å². The number of carbonyl (C=O) groups excluding carboxylic acids is 1. The molecule has 0 bridgehead atoms. The normalized spacial score (nSPS) is 34.7. The van der Waals surface area contributed by atoms with Crippen LogP contribution in [-0.4, -0.2) is 53.0 Å². The minimum absolute atomic E-state index is 0.0390. The van der Waals surface area contributed by atoms with Gasteiger partial charge in [0.15, 0.2) is 0 Å². The molecule has 2 unspecified atom stereocenters. The van der Waals surface area contributed by atoms with E-state index in [0.29, 0.717) is 24.7 Å². The fourth-order valence-electron chi connectivity index (χ4n) is 4.12. The number of nitrogens with zero attached hydrogens (tertiary/aromatic N) is 3. The quantitative estimate of drug-likeness (QED) is 0.855. The standard InChI is InChI=1S/C16H22FN3OS/c1-10-18-15(9-22-10)8-19-4-12-6-20(7-13(12)5-19)16(21)11-2-14(17)3-11/h9,11-14H,2-8H2,1H3. The van der Waals surface area contributed by atoms with Crippen molar-refractivity contribution in [2.45, 2.75) is 32.5 Å². The van der Waals surface area contributed by atoms with E-state index in [4.69, 9.17) is 0 Å². The number of hydrogen-bond donors (Lipinski definition) is 0. The van der Waals surface area contributed by atoms with E-state index in [1.165, 1.54) is 5.69 Å². The summed E-state index contributed by atoms with van der Waals surface area (Å²) in [5.74, 6) is 1.34. The third-order valence-corrected chi connectivity index (χ3v) is 6.18. The van der Waals surface area contributed by atoms with E-state index in [2.05, 4.69) is 15.3 Å². The Labute approximate surface area is 134 Å². The molecule has 0 spiro atoms. The van der Waals surface area contributed by atoms with E-state index < -0.39 is 6.17 Å². The van der Waals surface area contributed by atoms with Crippen molar-refractivity contribution in [3.05, 3.63) is 16.1 Å². The van der Waals surface area contributed by atoms with E-state index in [9.17, 15) is 9.18 Å². The minimum Gasteiger partial charge on any atom is -0.342 e. The van der Waals surface area contributed by atoms with Gasteiger partial charge in [-0.25, -0.2) is 9.37 Å². The molecule has 2 saturated heterocycles. The van der Waals surface area contributed by atoms with Gasteiger partial charge in [-0.15, -0.1) is 11.3 Å². The summed E-state index contributed by atoms with van der Waals surface area (Å²) in [4.78, 5) is 21.3. The maximum Gasteiger partial charge on any atom is 0.225 e. The average molecular weight is 323 g/mol. The highest BCUT2D eigenvalue weighted by Crippen LogP contribution is 2.36. The van der Waals surface area contributed by atoms with Crippen LogP contribution in [0.1, 0.15) is 23.5 Å². The second-order valence-corrected chi connectivity index (χ2v) is 8.14. The molecule has 1 amide bonds. The Hall–Kier alpha value is -1.01. The first-order chi connectivity index (χ1) is 10.6. The van der Waals surface area contributed by atoms with Crippen molar-refractivity contribution in [3.8, 4) is 0 Å². The average Bonchev–Trinajstić information content (AvgIpc) is 3.09. The summed E-state index contributed by atoms with van der Waals surface area (Å²) in [5, 5.41) is 3.27. The number of halogens is 1. The maximum absolute atomic E-state index is 12.9. The number of rotatable bonds is 3. The van der Waals surface area contributed by atoms with Crippen molar-refractivity contribution in [1.29, 1.82) is 0 Å². The molecule has 2 aliphatic heterocycles. The summed E-state index contributed by atoms with van der Waals surface area (Å²) < 4.78 is 12.9. The largest absolute Gasteiger partial charge is 0.342 e. The Morgan fingerprint density at radius 2 is 2.00 bits per heavy atom. The molecule has 4 nitrogen and oxygen atoms in total. The predicted molar refractivity (Wildman–Crippen MR) is 83.3 cm³/mol. The van der Waals surface area contributed by atoms with Crippen LogP contribution < -0.4 is 0 Å². The molecule has 120 valence electrons. The van der Waals surface area contributed by atoms with Crippen molar-refractivity contribution in [3.63, 3.8) is 0 Å². The molecule has 0 aromatic carbocycles.